The van der Waals surface area contributed by atoms with Crippen LogP contribution in [0.5, 0.6) is 0 Å². The number of hydrogen-bond donors (Lipinski definition) is 2. The highest BCUT2D eigenvalue weighted by atomic mass is 32.1. The van der Waals surface area contributed by atoms with Crippen molar-refractivity contribution in [1.82, 2.24) is 20.2 Å². The quantitative estimate of drug-likeness (QED) is 0.247. The van der Waals surface area contributed by atoms with Gasteiger partial charge in [0, 0.05) is 29.5 Å². The summed E-state index contributed by atoms with van der Waals surface area (Å²) in [5.41, 5.74) is 3.57. The van der Waals surface area contributed by atoms with E-state index >= 15 is 0 Å². The minimum Gasteiger partial charge on any atom is -0.352 e. The third-order valence-corrected chi connectivity index (χ3v) is 5.58. The van der Waals surface area contributed by atoms with E-state index in [1.807, 2.05) is 83.6 Å². The average molecular weight is 454 g/mol. The van der Waals surface area contributed by atoms with Crippen molar-refractivity contribution >= 4 is 28.8 Å². The van der Waals surface area contributed by atoms with E-state index in [1.54, 1.807) is 12.1 Å². The fourth-order valence-electron chi connectivity index (χ4n) is 3.79. The molecule has 0 saturated heterocycles. The van der Waals surface area contributed by atoms with E-state index in [1.165, 1.54) is 6.07 Å². The first-order valence-corrected chi connectivity index (χ1v) is 10.7. The molecule has 1 atom stereocenters. The van der Waals surface area contributed by atoms with Crippen molar-refractivity contribution in [3.8, 4) is 22.6 Å². The average Bonchev–Trinajstić information content (AvgIpc) is 3.31. The van der Waals surface area contributed by atoms with Crippen molar-refractivity contribution in [2.24, 2.45) is 0 Å². The highest BCUT2D eigenvalue weighted by Gasteiger charge is 2.23. The number of nitro benzene ring substituents is 1. The first-order chi connectivity index (χ1) is 16.1. The van der Waals surface area contributed by atoms with Crippen LogP contribution in [0.25, 0.3) is 28.5 Å². The van der Waals surface area contributed by atoms with Gasteiger partial charge in [-0.1, -0.05) is 72.8 Å². The molecule has 0 bridgehead atoms. The predicted octanol–water partition coefficient (Wildman–Crippen LogP) is 5.14. The van der Waals surface area contributed by atoms with Crippen molar-refractivity contribution < 1.29 is 4.92 Å². The lowest BCUT2D eigenvalue weighted by Gasteiger charge is -2.27. The fraction of sp³-hybridized carbons (Fsp3) is 0.0400. The standard InChI is InChI=1S/C25H19N5O2S/c31-30(32)20-13-7-12-19(14-20)21-15-23(28-25(33)27-21)29-16-22(17-8-3-1-4-9-17)26-24(29)18-10-5-2-6-11-18/h1-16,21H,(H2,27,28,33). The van der Waals surface area contributed by atoms with Crippen molar-refractivity contribution in [3.63, 3.8) is 0 Å². The van der Waals surface area contributed by atoms with Gasteiger partial charge < -0.3 is 10.6 Å². The Morgan fingerprint density at radius 1 is 0.939 bits per heavy atom. The van der Waals surface area contributed by atoms with Crippen LogP contribution in [0.3, 0.4) is 0 Å². The maximum Gasteiger partial charge on any atom is 0.269 e. The topological polar surface area (TPSA) is 85.0 Å². The lowest BCUT2D eigenvalue weighted by molar-refractivity contribution is -0.384. The molecule has 0 fully saturated rings. The predicted molar refractivity (Wildman–Crippen MR) is 132 cm³/mol. The molecule has 5 rings (SSSR count). The van der Waals surface area contributed by atoms with Crippen LogP contribution in [0.4, 0.5) is 5.69 Å². The summed E-state index contributed by atoms with van der Waals surface area (Å²) in [6, 6.07) is 26.1. The van der Waals surface area contributed by atoms with Crippen LogP contribution in [0.1, 0.15) is 11.6 Å². The highest BCUT2D eigenvalue weighted by molar-refractivity contribution is 7.80. The highest BCUT2D eigenvalue weighted by Crippen LogP contribution is 2.30. The molecule has 1 aromatic heterocycles. The van der Waals surface area contributed by atoms with E-state index in [0.29, 0.717) is 5.11 Å². The number of non-ortho nitro benzene ring substituents is 1. The van der Waals surface area contributed by atoms with Crippen LogP contribution in [0, 0.1) is 10.1 Å². The fourth-order valence-corrected chi connectivity index (χ4v) is 4.02. The van der Waals surface area contributed by atoms with Crippen LogP contribution < -0.4 is 10.6 Å². The molecule has 7 nitrogen and oxygen atoms in total. The number of nitrogens with zero attached hydrogens (tertiary/aromatic N) is 3. The molecule has 3 aromatic carbocycles. The Bertz CT molecular complexity index is 1370. The molecule has 0 spiro atoms. The lowest BCUT2D eigenvalue weighted by Crippen LogP contribution is -2.42. The Balaban J connectivity index is 1.62. The zero-order valence-electron chi connectivity index (χ0n) is 17.4. The lowest BCUT2D eigenvalue weighted by atomic mass is 10.0. The SMILES string of the molecule is O=[N+]([O-])c1cccc(C2C=C(n3cc(-c4ccccc4)nc3-c3ccccc3)NC(=S)N2)c1. The molecule has 0 aliphatic carbocycles. The van der Waals surface area contributed by atoms with E-state index in [-0.39, 0.29) is 11.7 Å². The largest absolute Gasteiger partial charge is 0.352 e. The molecule has 162 valence electrons. The van der Waals surface area contributed by atoms with E-state index in [9.17, 15) is 10.1 Å². The molecule has 1 aliphatic heterocycles. The second-order valence-corrected chi connectivity index (χ2v) is 7.94. The van der Waals surface area contributed by atoms with Crippen molar-refractivity contribution in [2.45, 2.75) is 6.04 Å². The molecular formula is C25H19N5O2S. The van der Waals surface area contributed by atoms with Gasteiger partial charge in [-0.15, -0.1) is 0 Å². The number of nitro groups is 1. The van der Waals surface area contributed by atoms with Crippen molar-refractivity contribution in [2.75, 3.05) is 0 Å². The summed E-state index contributed by atoms with van der Waals surface area (Å²) in [5, 5.41) is 18.1. The second kappa shape index (κ2) is 8.68. The first kappa shape index (κ1) is 20.6. The van der Waals surface area contributed by atoms with Crippen molar-refractivity contribution in [1.29, 1.82) is 0 Å². The molecule has 0 amide bonds. The van der Waals surface area contributed by atoms with Crippen LogP contribution >= 0.6 is 12.2 Å². The third kappa shape index (κ3) is 4.24. The molecule has 33 heavy (non-hydrogen) atoms. The summed E-state index contributed by atoms with van der Waals surface area (Å²) in [7, 11) is 0. The maximum atomic E-state index is 11.2. The zero-order chi connectivity index (χ0) is 22.8. The number of thiocarbonyl (C=S) groups is 1. The van der Waals surface area contributed by atoms with Gasteiger partial charge in [0.2, 0.25) is 0 Å². The summed E-state index contributed by atoms with van der Waals surface area (Å²) in [6.07, 6.45) is 3.92. The van der Waals surface area contributed by atoms with Crippen molar-refractivity contribution in [3.05, 3.63) is 113 Å². The van der Waals surface area contributed by atoms with Crippen LogP contribution in [0.15, 0.2) is 97.2 Å². The molecule has 0 saturated carbocycles. The van der Waals surface area contributed by atoms with Crippen LogP contribution in [-0.2, 0) is 0 Å². The van der Waals surface area contributed by atoms with Gasteiger partial charge in [0.05, 0.1) is 16.7 Å². The summed E-state index contributed by atoms with van der Waals surface area (Å²) < 4.78 is 1.97. The minimum absolute atomic E-state index is 0.0349. The molecule has 0 radical (unpaired) electrons. The van der Waals surface area contributed by atoms with E-state index in [0.717, 1.165) is 34.0 Å². The molecule has 8 heteroatoms. The van der Waals surface area contributed by atoms with Gasteiger partial charge in [0.25, 0.3) is 5.69 Å². The Hall–Kier alpha value is -4.30. The number of rotatable bonds is 5. The number of imidazole rings is 1. The smallest absolute Gasteiger partial charge is 0.269 e. The maximum absolute atomic E-state index is 11.2. The molecule has 2 heterocycles. The first-order valence-electron chi connectivity index (χ1n) is 10.3. The van der Waals surface area contributed by atoms with Gasteiger partial charge >= 0.3 is 0 Å². The van der Waals surface area contributed by atoms with E-state index in [2.05, 4.69) is 10.6 Å². The number of hydrogen-bond acceptors (Lipinski definition) is 4. The summed E-state index contributed by atoms with van der Waals surface area (Å²) in [4.78, 5) is 15.8. The summed E-state index contributed by atoms with van der Waals surface area (Å²) >= 11 is 5.47. The Morgan fingerprint density at radius 2 is 1.64 bits per heavy atom. The normalized spacial score (nSPS) is 15.3. The van der Waals surface area contributed by atoms with Crippen LogP contribution in [0.2, 0.25) is 0 Å². The molecule has 2 N–H and O–H groups in total. The van der Waals surface area contributed by atoms with Gasteiger partial charge in [-0.3, -0.25) is 14.7 Å². The van der Waals surface area contributed by atoms with E-state index in [4.69, 9.17) is 17.2 Å². The van der Waals surface area contributed by atoms with Gasteiger partial charge in [0.1, 0.15) is 11.6 Å². The second-order valence-electron chi connectivity index (χ2n) is 7.53. The monoisotopic (exact) mass is 453 g/mol. The molecular weight excluding hydrogens is 434 g/mol. The Morgan fingerprint density at radius 3 is 2.33 bits per heavy atom. The van der Waals surface area contributed by atoms with Gasteiger partial charge in [-0.25, -0.2) is 4.98 Å². The van der Waals surface area contributed by atoms with Gasteiger partial charge in [0.15, 0.2) is 5.11 Å². The summed E-state index contributed by atoms with van der Waals surface area (Å²) in [5.74, 6) is 1.49. The Kier molecular flexibility index (Phi) is 5.42. The van der Waals surface area contributed by atoms with Crippen LogP contribution in [-0.4, -0.2) is 19.6 Å². The number of benzene rings is 3. The van der Waals surface area contributed by atoms with Gasteiger partial charge in [-0.05, 0) is 23.9 Å². The molecule has 1 aliphatic rings. The third-order valence-electron chi connectivity index (χ3n) is 5.36. The summed E-state index contributed by atoms with van der Waals surface area (Å²) in [6.45, 7) is 0. The van der Waals surface area contributed by atoms with Gasteiger partial charge in [-0.2, -0.15) is 0 Å². The minimum atomic E-state index is -0.400. The Labute approximate surface area is 195 Å². The number of aromatic nitrogens is 2. The molecule has 1 unspecified atom stereocenters. The van der Waals surface area contributed by atoms with E-state index < -0.39 is 4.92 Å². The number of nitrogens with one attached hydrogen (secondary N) is 2. The zero-order valence-corrected chi connectivity index (χ0v) is 18.2. The molecule has 4 aromatic rings.